The standard InChI is InChI=1S/C11H15NO3/c1-12(2)10-6-5-8(14-3)7-9(10)11(13)15-4/h5-7H,1-4H3. The highest BCUT2D eigenvalue weighted by Gasteiger charge is 2.14. The minimum atomic E-state index is -0.363. The van der Waals surface area contributed by atoms with Crippen LogP contribution in [0, 0.1) is 0 Å². The van der Waals surface area contributed by atoms with E-state index in [2.05, 4.69) is 0 Å². The fourth-order valence-corrected chi connectivity index (χ4v) is 1.31. The quantitative estimate of drug-likeness (QED) is 0.708. The Morgan fingerprint density at radius 3 is 2.40 bits per heavy atom. The van der Waals surface area contributed by atoms with E-state index in [4.69, 9.17) is 9.47 Å². The first-order valence-corrected chi connectivity index (χ1v) is 4.53. The molecule has 1 rings (SSSR count). The van der Waals surface area contributed by atoms with Crippen molar-refractivity contribution in [2.75, 3.05) is 33.2 Å². The van der Waals surface area contributed by atoms with Crippen molar-refractivity contribution in [1.82, 2.24) is 0 Å². The van der Waals surface area contributed by atoms with Gasteiger partial charge in [0.1, 0.15) is 5.75 Å². The molecule has 0 bridgehead atoms. The highest BCUT2D eigenvalue weighted by Crippen LogP contribution is 2.24. The molecule has 1 aromatic carbocycles. The molecule has 0 N–H and O–H groups in total. The molecule has 1 aromatic rings. The molecule has 0 aromatic heterocycles. The number of esters is 1. The van der Waals surface area contributed by atoms with Crippen molar-refractivity contribution in [3.63, 3.8) is 0 Å². The molecule has 0 fully saturated rings. The van der Waals surface area contributed by atoms with Crippen molar-refractivity contribution >= 4 is 11.7 Å². The molecular formula is C11H15NO3. The van der Waals surface area contributed by atoms with Gasteiger partial charge in [0.25, 0.3) is 0 Å². The summed E-state index contributed by atoms with van der Waals surface area (Å²) in [4.78, 5) is 13.4. The molecule has 0 aliphatic heterocycles. The normalized spacial score (nSPS) is 9.60. The number of benzene rings is 1. The molecule has 0 atom stereocenters. The van der Waals surface area contributed by atoms with Crippen LogP contribution in [0.3, 0.4) is 0 Å². The first-order valence-electron chi connectivity index (χ1n) is 4.53. The second-order valence-electron chi connectivity index (χ2n) is 3.27. The predicted molar refractivity (Wildman–Crippen MR) is 58.7 cm³/mol. The molecule has 4 heteroatoms. The minimum Gasteiger partial charge on any atom is -0.497 e. The maximum absolute atomic E-state index is 11.5. The first-order chi connectivity index (χ1) is 7.10. The van der Waals surface area contributed by atoms with Crippen molar-refractivity contribution in [3.8, 4) is 5.75 Å². The van der Waals surface area contributed by atoms with Crippen molar-refractivity contribution in [2.24, 2.45) is 0 Å². The Balaban J connectivity index is 3.22. The third-order valence-corrected chi connectivity index (χ3v) is 2.09. The largest absolute Gasteiger partial charge is 0.497 e. The van der Waals surface area contributed by atoms with Gasteiger partial charge in [-0.05, 0) is 18.2 Å². The molecule has 0 unspecified atom stereocenters. The van der Waals surface area contributed by atoms with Crippen LogP contribution in [-0.4, -0.2) is 34.3 Å². The lowest BCUT2D eigenvalue weighted by Gasteiger charge is -2.16. The van der Waals surface area contributed by atoms with Gasteiger partial charge in [-0.15, -0.1) is 0 Å². The average Bonchev–Trinajstić information content (AvgIpc) is 2.26. The smallest absolute Gasteiger partial charge is 0.340 e. The van der Waals surface area contributed by atoms with Crippen molar-refractivity contribution in [3.05, 3.63) is 23.8 Å². The zero-order valence-electron chi connectivity index (χ0n) is 9.40. The predicted octanol–water partition coefficient (Wildman–Crippen LogP) is 1.55. The molecule has 4 nitrogen and oxygen atoms in total. The second-order valence-corrected chi connectivity index (χ2v) is 3.27. The van der Waals surface area contributed by atoms with Crippen LogP contribution in [0.4, 0.5) is 5.69 Å². The molecule has 0 heterocycles. The van der Waals surface area contributed by atoms with E-state index in [0.717, 1.165) is 5.69 Å². The number of carbonyl (C=O) groups excluding carboxylic acids is 1. The number of hydrogen-bond acceptors (Lipinski definition) is 4. The zero-order chi connectivity index (χ0) is 11.4. The van der Waals surface area contributed by atoms with Crippen LogP contribution in [0.15, 0.2) is 18.2 Å². The molecule has 15 heavy (non-hydrogen) atoms. The molecule has 0 radical (unpaired) electrons. The first kappa shape index (κ1) is 11.4. The number of ether oxygens (including phenoxy) is 2. The topological polar surface area (TPSA) is 38.8 Å². The third kappa shape index (κ3) is 2.40. The van der Waals surface area contributed by atoms with E-state index in [1.807, 2.05) is 31.1 Å². The lowest BCUT2D eigenvalue weighted by Crippen LogP contribution is -2.14. The Labute approximate surface area is 89.4 Å². The number of anilines is 1. The van der Waals surface area contributed by atoms with Crippen molar-refractivity contribution in [1.29, 1.82) is 0 Å². The molecule has 0 spiro atoms. The van der Waals surface area contributed by atoms with E-state index in [-0.39, 0.29) is 5.97 Å². The van der Waals surface area contributed by atoms with Gasteiger partial charge in [0.15, 0.2) is 0 Å². The maximum atomic E-state index is 11.5. The summed E-state index contributed by atoms with van der Waals surface area (Å²) in [6, 6.07) is 5.30. The van der Waals surface area contributed by atoms with Gasteiger partial charge in [0.2, 0.25) is 0 Å². The Bertz CT molecular complexity index is 361. The van der Waals surface area contributed by atoms with E-state index in [1.165, 1.54) is 7.11 Å². The fraction of sp³-hybridized carbons (Fsp3) is 0.364. The SMILES string of the molecule is COC(=O)c1cc(OC)ccc1N(C)C. The number of nitrogens with zero attached hydrogens (tertiary/aromatic N) is 1. The van der Waals surface area contributed by atoms with E-state index < -0.39 is 0 Å². The highest BCUT2D eigenvalue weighted by atomic mass is 16.5. The van der Waals surface area contributed by atoms with Gasteiger partial charge in [-0.3, -0.25) is 0 Å². The van der Waals surface area contributed by atoms with Gasteiger partial charge in [-0.25, -0.2) is 4.79 Å². The highest BCUT2D eigenvalue weighted by molar-refractivity contribution is 5.96. The van der Waals surface area contributed by atoms with Gasteiger partial charge in [-0.2, -0.15) is 0 Å². The summed E-state index contributed by atoms with van der Waals surface area (Å²) in [5.41, 5.74) is 1.31. The van der Waals surface area contributed by atoms with E-state index in [9.17, 15) is 4.79 Å². The molecule has 0 saturated heterocycles. The van der Waals surface area contributed by atoms with Gasteiger partial charge in [0, 0.05) is 14.1 Å². The molecule has 0 saturated carbocycles. The minimum absolute atomic E-state index is 0.363. The summed E-state index contributed by atoms with van der Waals surface area (Å²) in [5, 5.41) is 0. The van der Waals surface area contributed by atoms with E-state index >= 15 is 0 Å². The summed E-state index contributed by atoms with van der Waals surface area (Å²) in [5.74, 6) is 0.276. The lowest BCUT2D eigenvalue weighted by atomic mass is 10.1. The van der Waals surface area contributed by atoms with Crippen LogP contribution in [0.5, 0.6) is 5.75 Å². The van der Waals surface area contributed by atoms with Gasteiger partial charge in [-0.1, -0.05) is 0 Å². The molecule has 0 aliphatic carbocycles. The fourth-order valence-electron chi connectivity index (χ4n) is 1.31. The van der Waals surface area contributed by atoms with E-state index in [1.54, 1.807) is 13.2 Å². The summed E-state index contributed by atoms with van der Waals surface area (Å²) >= 11 is 0. The van der Waals surface area contributed by atoms with Crippen molar-refractivity contribution in [2.45, 2.75) is 0 Å². The van der Waals surface area contributed by atoms with Gasteiger partial charge < -0.3 is 14.4 Å². The molecule has 0 amide bonds. The Morgan fingerprint density at radius 1 is 1.27 bits per heavy atom. The number of carbonyl (C=O) groups is 1. The van der Waals surface area contributed by atoms with Crippen LogP contribution in [0.2, 0.25) is 0 Å². The third-order valence-electron chi connectivity index (χ3n) is 2.09. The van der Waals surface area contributed by atoms with Gasteiger partial charge >= 0.3 is 5.97 Å². The number of hydrogen-bond donors (Lipinski definition) is 0. The average molecular weight is 209 g/mol. The van der Waals surface area contributed by atoms with Crippen LogP contribution in [0.1, 0.15) is 10.4 Å². The Morgan fingerprint density at radius 2 is 1.93 bits per heavy atom. The zero-order valence-corrected chi connectivity index (χ0v) is 9.40. The molecule has 82 valence electrons. The number of methoxy groups -OCH3 is 2. The van der Waals surface area contributed by atoms with Crippen molar-refractivity contribution < 1.29 is 14.3 Å². The molecular weight excluding hydrogens is 194 g/mol. The summed E-state index contributed by atoms with van der Waals surface area (Å²) < 4.78 is 9.76. The van der Waals surface area contributed by atoms with Crippen LogP contribution in [0.25, 0.3) is 0 Å². The number of rotatable bonds is 3. The summed E-state index contributed by atoms with van der Waals surface area (Å²) in [6.45, 7) is 0. The maximum Gasteiger partial charge on any atom is 0.340 e. The van der Waals surface area contributed by atoms with E-state index in [0.29, 0.717) is 11.3 Å². The summed E-state index contributed by atoms with van der Waals surface area (Å²) in [7, 11) is 6.66. The lowest BCUT2D eigenvalue weighted by molar-refractivity contribution is 0.0601. The second kappa shape index (κ2) is 4.68. The van der Waals surface area contributed by atoms with Crippen LogP contribution >= 0.6 is 0 Å². The van der Waals surface area contributed by atoms with Gasteiger partial charge in [0.05, 0.1) is 25.5 Å². The van der Waals surface area contributed by atoms with Crippen LogP contribution < -0.4 is 9.64 Å². The molecule has 0 aliphatic rings. The van der Waals surface area contributed by atoms with Crippen LogP contribution in [-0.2, 0) is 4.74 Å². The summed E-state index contributed by atoms with van der Waals surface area (Å²) in [6.07, 6.45) is 0. The monoisotopic (exact) mass is 209 g/mol. The Kier molecular flexibility index (Phi) is 3.55. The Hall–Kier alpha value is -1.71.